The van der Waals surface area contributed by atoms with E-state index >= 15 is 0 Å². The van der Waals surface area contributed by atoms with Crippen LogP contribution in [-0.2, 0) is 23.7 Å². The Kier molecular flexibility index (Phi) is 7.51. The molecule has 1 amide bonds. The number of hydrogen-bond acceptors (Lipinski definition) is 6. The number of carbonyl (C=O) groups excluding carboxylic acids is 1. The van der Waals surface area contributed by atoms with Crippen LogP contribution in [0.2, 0.25) is 5.02 Å². The predicted octanol–water partition coefficient (Wildman–Crippen LogP) is 5.77. The number of amides is 1. The molecule has 0 atom stereocenters. The lowest BCUT2D eigenvalue weighted by atomic mass is 9.87. The summed E-state index contributed by atoms with van der Waals surface area (Å²) in [5, 5.41) is 4.18. The van der Waals surface area contributed by atoms with Gasteiger partial charge in [0, 0.05) is 62.3 Å². The van der Waals surface area contributed by atoms with Crippen molar-refractivity contribution in [2.75, 3.05) is 38.5 Å². The van der Waals surface area contributed by atoms with E-state index in [1.54, 1.807) is 12.3 Å². The fraction of sp³-hybridized carbons (Fsp3) is 0.367. The molecule has 1 saturated heterocycles. The first kappa shape index (κ1) is 27.0. The maximum Gasteiger partial charge on any atom is 0.228 e. The van der Waals surface area contributed by atoms with Gasteiger partial charge in [0.25, 0.3) is 0 Å². The van der Waals surface area contributed by atoms with E-state index in [1.807, 2.05) is 52.9 Å². The molecule has 2 aromatic heterocycles. The predicted molar refractivity (Wildman–Crippen MR) is 156 cm³/mol. The van der Waals surface area contributed by atoms with Crippen LogP contribution in [0, 0.1) is 0 Å². The number of fused-ring (bicyclic) bond motifs is 1. The van der Waals surface area contributed by atoms with Crippen LogP contribution in [0.5, 0.6) is 11.5 Å². The number of imidazole rings is 1. The van der Waals surface area contributed by atoms with E-state index in [9.17, 15) is 4.79 Å². The fourth-order valence-electron chi connectivity index (χ4n) is 4.74. The van der Waals surface area contributed by atoms with Gasteiger partial charge in [-0.05, 0) is 54.4 Å². The van der Waals surface area contributed by atoms with Gasteiger partial charge in [-0.1, -0.05) is 32.4 Å². The maximum atomic E-state index is 12.7. The summed E-state index contributed by atoms with van der Waals surface area (Å²) in [5.41, 5.74) is 4.41. The van der Waals surface area contributed by atoms with Gasteiger partial charge in [0.15, 0.2) is 0 Å². The number of rotatable bonds is 6. The molecule has 8 nitrogen and oxygen atoms in total. The Balaban J connectivity index is 1.30. The van der Waals surface area contributed by atoms with Gasteiger partial charge < -0.3 is 24.4 Å². The van der Waals surface area contributed by atoms with Crippen molar-refractivity contribution >= 4 is 40.2 Å². The number of hydrogen-bond donors (Lipinski definition) is 1. The van der Waals surface area contributed by atoms with E-state index in [1.165, 1.54) is 0 Å². The molecule has 2 aromatic carbocycles. The van der Waals surface area contributed by atoms with Crippen LogP contribution in [0.3, 0.4) is 0 Å². The zero-order valence-corrected chi connectivity index (χ0v) is 23.9. The summed E-state index contributed by atoms with van der Waals surface area (Å²) in [7, 11) is 4.05. The molecule has 1 aliphatic rings. The number of benzene rings is 2. The number of anilines is 2. The first-order valence-corrected chi connectivity index (χ1v) is 13.6. The lowest BCUT2D eigenvalue weighted by Crippen LogP contribution is -2.47. The number of halogens is 1. The Morgan fingerprint density at radius 1 is 1.00 bits per heavy atom. The van der Waals surface area contributed by atoms with Gasteiger partial charge in [0.05, 0.1) is 23.1 Å². The summed E-state index contributed by atoms with van der Waals surface area (Å²) in [5.74, 6) is 2.11. The largest absolute Gasteiger partial charge is 0.457 e. The summed E-state index contributed by atoms with van der Waals surface area (Å²) in [6.07, 6.45) is 1.94. The van der Waals surface area contributed by atoms with Crippen molar-refractivity contribution in [3.05, 3.63) is 71.0 Å². The number of piperazine rings is 1. The van der Waals surface area contributed by atoms with E-state index in [-0.39, 0.29) is 17.7 Å². The number of ether oxygens (including phenoxy) is 1. The molecule has 204 valence electrons. The Morgan fingerprint density at radius 2 is 1.74 bits per heavy atom. The van der Waals surface area contributed by atoms with Gasteiger partial charge in [0.2, 0.25) is 11.9 Å². The molecule has 0 spiro atoms. The van der Waals surface area contributed by atoms with Crippen LogP contribution in [0.1, 0.15) is 32.0 Å². The van der Waals surface area contributed by atoms with Crippen molar-refractivity contribution in [1.82, 2.24) is 24.3 Å². The second kappa shape index (κ2) is 10.9. The number of pyridine rings is 1. The van der Waals surface area contributed by atoms with Crippen LogP contribution in [-0.4, -0.2) is 63.5 Å². The molecule has 0 bridgehead atoms. The average molecular weight is 547 g/mol. The highest BCUT2D eigenvalue weighted by Crippen LogP contribution is 2.33. The van der Waals surface area contributed by atoms with Crippen LogP contribution >= 0.6 is 11.6 Å². The Labute approximate surface area is 234 Å². The summed E-state index contributed by atoms with van der Waals surface area (Å²) < 4.78 is 8.16. The van der Waals surface area contributed by atoms with Crippen LogP contribution < -0.4 is 10.1 Å². The van der Waals surface area contributed by atoms with Gasteiger partial charge in [-0.15, -0.1) is 0 Å². The Morgan fingerprint density at radius 3 is 2.49 bits per heavy atom. The van der Waals surface area contributed by atoms with Gasteiger partial charge in [-0.3, -0.25) is 9.78 Å². The SMILES string of the molecule is CN1CCN(C(=O)Cc2cc(Oc3ccc4c(c3)nc(Nc3ccc(Cl)c(C(C)(C)C)c3)n4C)ccn2)CC1. The highest BCUT2D eigenvalue weighted by Gasteiger charge is 2.20. The van der Waals surface area contributed by atoms with Gasteiger partial charge in [-0.25, -0.2) is 4.98 Å². The highest BCUT2D eigenvalue weighted by atomic mass is 35.5. The van der Waals surface area contributed by atoms with Gasteiger partial charge in [-0.2, -0.15) is 0 Å². The average Bonchev–Trinajstić information content (AvgIpc) is 3.19. The molecule has 1 aliphatic heterocycles. The van der Waals surface area contributed by atoms with Crippen molar-refractivity contribution in [1.29, 1.82) is 0 Å². The summed E-state index contributed by atoms with van der Waals surface area (Å²) in [4.78, 5) is 26.1. The van der Waals surface area contributed by atoms with Crippen LogP contribution in [0.4, 0.5) is 11.6 Å². The number of likely N-dealkylation sites (N-methyl/N-ethyl adjacent to an activating group) is 1. The van der Waals surface area contributed by atoms with Gasteiger partial charge in [0.1, 0.15) is 11.5 Å². The minimum absolute atomic E-state index is 0.0714. The third-order valence-electron chi connectivity index (χ3n) is 7.09. The number of nitrogens with one attached hydrogen (secondary N) is 1. The second-order valence-electron chi connectivity index (χ2n) is 11.2. The molecular formula is C30H35ClN6O2. The Hall–Kier alpha value is -3.62. The van der Waals surface area contributed by atoms with E-state index < -0.39 is 0 Å². The molecular weight excluding hydrogens is 512 g/mol. The highest BCUT2D eigenvalue weighted by molar-refractivity contribution is 6.31. The first-order chi connectivity index (χ1) is 18.6. The lowest BCUT2D eigenvalue weighted by Gasteiger charge is -2.32. The standard InChI is InChI=1S/C30H35ClN6O2/c1-30(2,3)24-17-20(6-8-25(24)31)33-29-34-26-19-22(7-9-27(26)36(29)5)39-23-10-11-32-21(16-23)18-28(38)37-14-12-35(4)13-15-37/h6-11,16-17,19H,12-15,18H2,1-5H3,(H,33,34). The molecule has 0 unspecified atom stereocenters. The Bertz CT molecular complexity index is 1500. The summed E-state index contributed by atoms with van der Waals surface area (Å²) in [6, 6.07) is 15.4. The lowest BCUT2D eigenvalue weighted by molar-refractivity contribution is -0.132. The van der Waals surface area contributed by atoms with Crippen molar-refractivity contribution in [2.45, 2.75) is 32.6 Å². The number of nitrogens with zero attached hydrogens (tertiary/aromatic N) is 5. The van der Waals surface area contributed by atoms with Crippen LogP contribution in [0.15, 0.2) is 54.7 Å². The third kappa shape index (κ3) is 6.18. The smallest absolute Gasteiger partial charge is 0.228 e. The number of aromatic nitrogens is 3. The summed E-state index contributed by atoms with van der Waals surface area (Å²) >= 11 is 6.45. The molecule has 3 heterocycles. The zero-order valence-electron chi connectivity index (χ0n) is 23.2. The molecule has 1 N–H and O–H groups in total. The second-order valence-corrected chi connectivity index (χ2v) is 11.6. The number of aryl methyl sites for hydroxylation is 1. The van der Waals surface area contributed by atoms with Crippen molar-refractivity contribution in [3.8, 4) is 11.5 Å². The van der Waals surface area contributed by atoms with E-state index in [0.717, 1.165) is 59.4 Å². The molecule has 0 aliphatic carbocycles. The third-order valence-corrected chi connectivity index (χ3v) is 7.42. The van der Waals surface area contributed by atoms with Crippen molar-refractivity contribution < 1.29 is 9.53 Å². The number of carbonyl (C=O) groups is 1. The molecule has 0 saturated carbocycles. The molecule has 0 radical (unpaired) electrons. The monoisotopic (exact) mass is 546 g/mol. The molecule has 5 rings (SSSR count). The summed E-state index contributed by atoms with van der Waals surface area (Å²) in [6.45, 7) is 9.73. The van der Waals surface area contributed by atoms with Crippen molar-refractivity contribution in [3.63, 3.8) is 0 Å². The van der Waals surface area contributed by atoms with E-state index in [4.69, 9.17) is 21.3 Å². The van der Waals surface area contributed by atoms with E-state index in [0.29, 0.717) is 17.2 Å². The molecule has 39 heavy (non-hydrogen) atoms. The maximum absolute atomic E-state index is 12.7. The van der Waals surface area contributed by atoms with Crippen LogP contribution in [0.25, 0.3) is 11.0 Å². The normalized spacial score (nSPS) is 14.6. The first-order valence-electron chi connectivity index (χ1n) is 13.2. The molecule has 9 heteroatoms. The van der Waals surface area contributed by atoms with Gasteiger partial charge >= 0.3 is 0 Å². The van der Waals surface area contributed by atoms with E-state index in [2.05, 4.69) is 49.1 Å². The molecule has 4 aromatic rings. The molecule has 1 fully saturated rings. The topological polar surface area (TPSA) is 75.5 Å². The van der Waals surface area contributed by atoms with Crippen molar-refractivity contribution in [2.24, 2.45) is 7.05 Å². The minimum Gasteiger partial charge on any atom is -0.457 e. The fourth-order valence-corrected chi connectivity index (χ4v) is 5.14. The quantitative estimate of drug-likeness (QED) is 0.331. The minimum atomic E-state index is -0.0714. The zero-order chi connectivity index (χ0) is 27.7.